The second-order valence-corrected chi connectivity index (χ2v) is 6.05. The van der Waals surface area contributed by atoms with Crippen molar-refractivity contribution in [1.29, 1.82) is 0 Å². The first-order chi connectivity index (χ1) is 9.61. The number of alkyl halides is 1. The number of hydrogen-bond acceptors (Lipinski definition) is 4. The number of rotatable bonds is 6. The normalized spacial score (nSPS) is 16.1. The highest BCUT2D eigenvalue weighted by atomic mass is 35.5. The Morgan fingerprint density at radius 2 is 2.10 bits per heavy atom. The zero-order valence-corrected chi connectivity index (χ0v) is 13.0. The van der Waals surface area contributed by atoms with E-state index in [4.69, 9.17) is 11.6 Å². The molecule has 0 radical (unpaired) electrons. The summed E-state index contributed by atoms with van der Waals surface area (Å²) in [5.74, 6) is -0.325. The zero-order valence-electron chi connectivity index (χ0n) is 11.5. The Labute approximate surface area is 127 Å². The Hall–Kier alpha value is -1.14. The monoisotopic (exact) mass is 315 g/mol. The number of unbranched alkanes of at least 4 members (excludes halogenated alkanes) is 1. The minimum Gasteiger partial charge on any atom is -0.336 e. The molecule has 0 aliphatic carbocycles. The molecule has 0 spiro atoms. The van der Waals surface area contributed by atoms with Crippen LogP contribution in [0.1, 0.15) is 23.5 Å². The molecule has 1 fully saturated rings. The van der Waals surface area contributed by atoms with Crippen LogP contribution in [0, 0.1) is 0 Å². The van der Waals surface area contributed by atoms with Gasteiger partial charge in [0.25, 0.3) is 0 Å². The number of likely N-dealkylation sites (N-methyl/N-ethyl adjacent to an activating group) is 1. The van der Waals surface area contributed by atoms with E-state index in [0.717, 1.165) is 30.0 Å². The molecule has 0 aromatic carbocycles. The van der Waals surface area contributed by atoms with Gasteiger partial charge in [-0.15, -0.1) is 22.9 Å². The van der Waals surface area contributed by atoms with E-state index in [1.807, 2.05) is 5.38 Å². The Morgan fingerprint density at radius 1 is 1.30 bits per heavy atom. The van der Waals surface area contributed by atoms with Crippen LogP contribution in [0.15, 0.2) is 5.38 Å². The molecule has 110 valence electrons. The first kappa shape index (κ1) is 15.3. The van der Waals surface area contributed by atoms with E-state index in [2.05, 4.69) is 4.98 Å². The Balaban J connectivity index is 1.70. The van der Waals surface area contributed by atoms with E-state index in [-0.39, 0.29) is 5.91 Å². The molecule has 0 bridgehead atoms. The van der Waals surface area contributed by atoms with Crippen molar-refractivity contribution in [2.45, 2.75) is 25.1 Å². The van der Waals surface area contributed by atoms with Crippen molar-refractivity contribution in [3.63, 3.8) is 0 Å². The maximum Gasteiger partial charge on any atom is 0.312 e. The highest BCUT2D eigenvalue weighted by Gasteiger charge is 2.29. The zero-order chi connectivity index (χ0) is 14.5. The van der Waals surface area contributed by atoms with Gasteiger partial charge in [-0.25, -0.2) is 4.98 Å². The van der Waals surface area contributed by atoms with Gasteiger partial charge in [-0.2, -0.15) is 0 Å². The van der Waals surface area contributed by atoms with E-state index in [1.165, 1.54) is 4.90 Å². The van der Waals surface area contributed by atoms with Crippen LogP contribution < -0.4 is 0 Å². The molecule has 1 aliphatic rings. The van der Waals surface area contributed by atoms with Gasteiger partial charge in [0.05, 0.1) is 16.6 Å². The summed E-state index contributed by atoms with van der Waals surface area (Å²) in [6.45, 7) is 1.90. The van der Waals surface area contributed by atoms with Crippen LogP contribution in [0.25, 0.3) is 0 Å². The first-order valence-corrected chi connectivity index (χ1v) is 8.07. The minimum absolute atomic E-state index is 0.377. The van der Waals surface area contributed by atoms with Gasteiger partial charge in [0, 0.05) is 32.1 Å². The van der Waals surface area contributed by atoms with Gasteiger partial charge in [-0.3, -0.25) is 9.59 Å². The van der Waals surface area contributed by atoms with Crippen LogP contribution in [0.3, 0.4) is 0 Å². The number of piperazine rings is 1. The number of hydrogen-bond donors (Lipinski definition) is 0. The topological polar surface area (TPSA) is 53.5 Å². The lowest BCUT2D eigenvalue weighted by molar-refractivity contribution is -0.154. The molecule has 1 aromatic rings. The van der Waals surface area contributed by atoms with Crippen molar-refractivity contribution < 1.29 is 9.59 Å². The summed E-state index contributed by atoms with van der Waals surface area (Å²) in [6.07, 6.45) is 2.75. The number of amides is 2. The molecule has 0 N–H and O–H groups in total. The van der Waals surface area contributed by atoms with E-state index in [1.54, 1.807) is 23.3 Å². The van der Waals surface area contributed by atoms with Gasteiger partial charge in [0.2, 0.25) is 0 Å². The lowest BCUT2D eigenvalue weighted by Gasteiger charge is -2.31. The average Bonchev–Trinajstić information content (AvgIpc) is 2.91. The fraction of sp³-hybridized carbons (Fsp3) is 0.615. The smallest absolute Gasteiger partial charge is 0.312 e. The number of nitrogens with zero attached hydrogens (tertiary/aromatic N) is 3. The Morgan fingerprint density at radius 3 is 2.80 bits per heavy atom. The summed E-state index contributed by atoms with van der Waals surface area (Å²) < 4.78 is 0. The van der Waals surface area contributed by atoms with E-state index in [0.29, 0.717) is 25.5 Å². The van der Waals surface area contributed by atoms with Crippen molar-refractivity contribution in [2.24, 2.45) is 0 Å². The van der Waals surface area contributed by atoms with Crippen molar-refractivity contribution in [3.05, 3.63) is 16.1 Å². The molecule has 2 rings (SSSR count). The van der Waals surface area contributed by atoms with Gasteiger partial charge < -0.3 is 9.80 Å². The molecule has 0 atom stereocenters. The van der Waals surface area contributed by atoms with Crippen LogP contribution >= 0.6 is 22.9 Å². The SMILES string of the molecule is CN1CCN(CCCCc2nc(CCl)cs2)C(=O)C1=O. The maximum atomic E-state index is 11.8. The molecule has 1 aromatic heterocycles. The number of carbonyl (C=O) groups excluding carboxylic acids is 2. The molecule has 5 nitrogen and oxygen atoms in total. The third-order valence-corrected chi connectivity index (χ3v) is 4.56. The second kappa shape index (κ2) is 7.04. The van der Waals surface area contributed by atoms with Crippen molar-refractivity contribution in [2.75, 3.05) is 26.7 Å². The molecule has 1 aliphatic heterocycles. The third-order valence-electron chi connectivity index (χ3n) is 3.33. The summed E-state index contributed by atoms with van der Waals surface area (Å²) in [6, 6.07) is 0. The van der Waals surface area contributed by atoms with Gasteiger partial charge in [-0.05, 0) is 19.3 Å². The summed E-state index contributed by atoms with van der Waals surface area (Å²) in [7, 11) is 1.66. The van der Waals surface area contributed by atoms with E-state index in [9.17, 15) is 9.59 Å². The van der Waals surface area contributed by atoms with Gasteiger partial charge in [-0.1, -0.05) is 0 Å². The molecule has 0 unspecified atom stereocenters. The fourth-order valence-corrected chi connectivity index (χ4v) is 3.16. The largest absolute Gasteiger partial charge is 0.336 e. The molecular formula is C13H18ClN3O2S. The number of aryl methyl sites for hydroxylation is 1. The first-order valence-electron chi connectivity index (χ1n) is 6.65. The number of thiazole rings is 1. The van der Waals surface area contributed by atoms with Crippen LogP contribution in [0.4, 0.5) is 0 Å². The minimum atomic E-state index is -0.400. The predicted molar refractivity (Wildman–Crippen MR) is 78.8 cm³/mol. The average molecular weight is 316 g/mol. The highest BCUT2D eigenvalue weighted by Crippen LogP contribution is 2.14. The Bertz CT molecular complexity index is 492. The number of aromatic nitrogens is 1. The molecular weight excluding hydrogens is 298 g/mol. The maximum absolute atomic E-state index is 11.8. The number of carbonyl (C=O) groups is 2. The third kappa shape index (κ3) is 3.70. The van der Waals surface area contributed by atoms with Crippen molar-refractivity contribution >= 4 is 34.8 Å². The lowest BCUT2D eigenvalue weighted by Crippen LogP contribution is -2.52. The van der Waals surface area contributed by atoms with Gasteiger partial charge >= 0.3 is 11.8 Å². The van der Waals surface area contributed by atoms with Crippen LogP contribution in [0.2, 0.25) is 0 Å². The summed E-state index contributed by atoms with van der Waals surface area (Å²) in [5.41, 5.74) is 0.923. The van der Waals surface area contributed by atoms with Crippen molar-refractivity contribution in [3.8, 4) is 0 Å². The Kier molecular flexibility index (Phi) is 5.37. The van der Waals surface area contributed by atoms with Crippen molar-refractivity contribution in [1.82, 2.24) is 14.8 Å². The van der Waals surface area contributed by atoms with Gasteiger partial charge in [0.15, 0.2) is 0 Å². The van der Waals surface area contributed by atoms with Crippen LogP contribution in [-0.2, 0) is 21.9 Å². The van der Waals surface area contributed by atoms with Crippen LogP contribution in [-0.4, -0.2) is 53.3 Å². The standard InChI is InChI=1S/C13H18ClN3O2S/c1-16-6-7-17(13(19)12(16)18)5-3-2-4-11-15-10(8-14)9-20-11/h9H,2-8H2,1H3. The summed E-state index contributed by atoms with van der Waals surface area (Å²) in [5, 5.41) is 3.06. The molecule has 2 amide bonds. The summed E-state index contributed by atoms with van der Waals surface area (Å²) in [4.78, 5) is 30.8. The van der Waals surface area contributed by atoms with Crippen LogP contribution in [0.5, 0.6) is 0 Å². The predicted octanol–water partition coefficient (Wildman–Crippen LogP) is 1.51. The highest BCUT2D eigenvalue weighted by molar-refractivity contribution is 7.09. The van der Waals surface area contributed by atoms with E-state index >= 15 is 0 Å². The second-order valence-electron chi connectivity index (χ2n) is 4.84. The summed E-state index contributed by atoms with van der Waals surface area (Å²) >= 11 is 7.33. The number of halogens is 1. The molecule has 20 heavy (non-hydrogen) atoms. The molecule has 7 heteroatoms. The van der Waals surface area contributed by atoms with Gasteiger partial charge in [0.1, 0.15) is 0 Å². The lowest BCUT2D eigenvalue weighted by atomic mass is 10.2. The fourth-order valence-electron chi connectivity index (χ4n) is 2.09. The molecule has 2 heterocycles. The molecule has 1 saturated heterocycles. The molecule has 0 saturated carbocycles. The van der Waals surface area contributed by atoms with E-state index < -0.39 is 5.91 Å². The quantitative estimate of drug-likeness (QED) is 0.454.